The van der Waals surface area contributed by atoms with E-state index in [1.54, 1.807) is 0 Å². The van der Waals surface area contributed by atoms with Crippen LogP contribution in [0.3, 0.4) is 0 Å². The molecule has 1 N–H and O–H groups in total. The Morgan fingerprint density at radius 1 is 1.38 bits per heavy atom. The molecule has 1 aromatic heterocycles. The average Bonchev–Trinajstić information content (AvgIpc) is 3.21. The number of hydrogen-bond donors (Lipinski definition) is 1. The molecule has 1 aliphatic heterocycles. The van der Waals surface area contributed by atoms with Crippen LogP contribution >= 0.6 is 0 Å². The normalized spacial score (nSPS) is 18.4. The molecule has 0 spiro atoms. The molecule has 26 heavy (non-hydrogen) atoms. The van der Waals surface area contributed by atoms with Gasteiger partial charge in [-0.3, -0.25) is 14.4 Å². The van der Waals surface area contributed by atoms with Gasteiger partial charge in [-0.2, -0.15) is 5.10 Å². The van der Waals surface area contributed by atoms with Gasteiger partial charge >= 0.3 is 5.97 Å². The van der Waals surface area contributed by atoms with Crippen molar-refractivity contribution in [3.8, 4) is 0 Å². The Kier molecular flexibility index (Phi) is 5.89. The first-order chi connectivity index (χ1) is 12.5. The van der Waals surface area contributed by atoms with Crippen LogP contribution in [0.1, 0.15) is 42.4 Å². The van der Waals surface area contributed by atoms with Gasteiger partial charge in [0.15, 0.2) is 0 Å². The van der Waals surface area contributed by atoms with Crippen molar-refractivity contribution in [3.05, 3.63) is 59.4 Å². The predicted octanol–water partition coefficient (Wildman–Crippen LogP) is 3.49. The molecular weight excluding hydrogens is 326 g/mol. The molecule has 0 bridgehead atoms. The molecule has 1 aromatic carbocycles. The molecule has 2 heterocycles. The summed E-state index contributed by atoms with van der Waals surface area (Å²) in [6.45, 7) is 4.02. The van der Waals surface area contributed by atoms with Gasteiger partial charge in [-0.1, -0.05) is 30.3 Å². The molecule has 0 aliphatic carbocycles. The van der Waals surface area contributed by atoms with Gasteiger partial charge in [0, 0.05) is 31.4 Å². The smallest absolute Gasteiger partial charge is 0.304 e. The molecule has 5 nitrogen and oxygen atoms in total. The van der Waals surface area contributed by atoms with Crippen LogP contribution in [-0.4, -0.2) is 44.9 Å². The van der Waals surface area contributed by atoms with Crippen molar-refractivity contribution < 1.29 is 9.90 Å². The number of aromatic nitrogens is 2. The van der Waals surface area contributed by atoms with E-state index in [2.05, 4.69) is 47.3 Å². The predicted molar refractivity (Wildman–Crippen MR) is 103 cm³/mol. The lowest BCUT2D eigenvalue weighted by molar-refractivity contribution is -0.138. The number of benzene rings is 1. The molecule has 3 rings (SSSR count). The average molecular weight is 353 g/mol. The van der Waals surface area contributed by atoms with Crippen molar-refractivity contribution in [1.29, 1.82) is 0 Å². The highest BCUT2D eigenvalue weighted by atomic mass is 16.4. The van der Waals surface area contributed by atoms with Crippen molar-refractivity contribution >= 4 is 11.5 Å². The summed E-state index contributed by atoms with van der Waals surface area (Å²) < 4.78 is 1.82. The van der Waals surface area contributed by atoms with E-state index < -0.39 is 5.97 Å². The highest BCUT2D eigenvalue weighted by molar-refractivity contribution is 5.80. The van der Waals surface area contributed by atoms with Gasteiger partial charge < -0.3 is 5.11 Å². The quantitative estimate of drug-likeness (QED) is 0.828. The van der Waals surface area contributed by atoms with Crippen LogP contribution < -0.4 is 0 Å². The Morgan fingerprint density at radius 2 is 2.19 bits per heavy atom. The minimum absolute atomic E-state index is 0.182. The maximum Gasteiger partial charge on any atom is 0.304 e. The van der Waals surface area contributed by atoms with Gasteiger partial charge in [-0.15, -0.1) is 0 Å². The number of nitrogens with zero attached hydrogens (tertiary/aromatic N) is 3. The van der Waals surface area contributed by atoms with Crippen molar-refractivity contribution in [1.82, 2.24) is 14.7 Å². The van der Waals surface area contributed by atoms with Crippen molar-refractivity contribution in [3.63, 3.8) is 0 Å². The van der Waals surface area contributed by atoms with E-state index in [9.17, 15) is 4.79 Å². The fraction of sp³-hybridized carbons (Fsp3) is 0.429. The van der Waals surface area contributed by atoms with Crippen LogP contribution in [0.2, 0.25) is 0 Å². The Hall–Kier alpha value is -2.40. The summed E-state index contributed by atoms with van der Waals surface area (Å²) in [5, 5.41) is 13.4. The van der Waals surface area contributed by atoms with Crippen molar-refractivity contribution in [2.45, 2.75) is 38.6 Å². The second-order valence-electron chi connectivity index (χ2n) is 7.05. The fourth-order valence-electron chi connectivity index (χ4n) is 3.82. The summed E-state index contributed by atoms with van der Waals surface area (Å²) >= 11 is 0. The van der Waals surface area contributed by atoms with E-state index in [1.165, 1.54) is 16.7 Å². The zero-order valence-corrected chi connectivity index (χ0v) is 15.6. The lowest BCUT2D eigenvalue weighted by Crippen LogP contribution is -2.32. The summed E-state index contributed by atoms with van der Waals surface area (Å²) in [6, 6.07) is 8.58. The van der Waals surface area contributed by atoms with Gasteiger partial charge in [-0.25, -0.2) is 0 Å². The number of carboxylic acids is 1. The zero-order chi connectivity index (χ0) is 18.5. The van der Waals surface area contributed by atoms with Crippen LogP contribution in [0.4, 0.5) is 0 Å². The molecule has 1 atom stereocenters. The summed E-state index contributed by atoms with van der Waals surface area (Å²) in [4.78, 5) is 13.4. The summed E-state index contributed by atoms with van der Waals surface area (Å²) in [5.74, 6) is -0.701. The molecule has 1 saturated heterocycles. The van der Waals surface area contributed by atoms with Crippen LogP contribution in [0.15, 0.2) is 42.7 Å². The molecule has 1 fully saturated rings. The molecule has 5 heteroatoms. The minimum atomic E-state index is -0.701. The van der Waals surface area contributed by atoms with Gasteiger partial charge in [0.25, 0.3) is 0 Å². The first-order valence-electron chi connectivity index (χ1n) is 9.25. The van der Waals surface area contributed by atoms with E-state index in [0.29, 0.717) is 0 Å². The van der Waals surface area contributed by atoms with Crippen molar-refractivity contribution in [2.24, 2.45) is 7.05 Å². The third kappa shape index (κ3) is 4.41. The molecular formula is C21H27N3O2. The molecule has 2 aromatic rings. The number of likely N-dealkylation sites (tertiary alicyclic amines) is 1. The van der Waals surface area contributed by atoms with Crippen LogP contribution in [0.5, 0.6) is 0 Å². The van der Waals surface area contributed by atoms with Crippen LogP contribution in [-0.2, 0) is 11.8 Å². The summed E-state index contributed by atoms with van der Waals surface area (Å²) in [6.07, 6.45) is 9.45. The first kappa shape index (κ1) is 18.4. The van der Waals surface area contributed by atoms with Crippen LogP contribution in [0.25, 0.3) is 5.57 Å². The monoisotopic (exact) mass is 353 g/mol. The SMILES string of the molecule is Cc1ccccc1C(=CCCN1CCC[C@H]1CC(=O)O)c1cnn(C)c1. The number of aliphatic carboxylic acids is 1. The Balaban J connectivity index is 1.77. The Bertz CT molecular complexity index is 794. The number of carboxylic acid groups (broad SMARTS) is 1. The van der Waals surface area contributed by atoms with Gasteiger partial charge in [-0.05, 0) is 49.4 Å². The number of carbonyl (C=O) groups is 1. The standard InChI is InChI=1S/C21H27N3O2/c1-16-7-3-4-9-19(16)20(17-14-22-23(2)15-17)10-6-12-24-11-5-8-18(24)13-21(25)26/h3-4,7,9-10,14-15,18H,5-6,8,11-13H2,1-2H3,(H,25,26)/t18-/m0/s1. The zero-order valence-electron chi connectivity index (χ0n) is 15.6. The third-order valence-corrected chi connectivity index (χ3v) is 5.13. The summed E-state index contributed by atoms with van der Waals surface area (Å²) in [7, 11) is 1.93. The molecule has 0 radical (unpaired) electrons. The second-order valence-corrected chi connectivity index (χ2v) is 7.05. The highest BCUT2D eigenvalue weighted by Crippen LogP contribution is 2.27. The highest BCUT2D eigenvalue weighted by Gasteiger charge is 2.25. The molecule has 1 aliphatic rings. The van der Waals surface area contributed by atoms with E-state index in [4.69, 9.17) is 5.11 Å². The van der Waals surface area contributed by atoms with E-state index in [0.717, 1.165) is 37.9 Å². The van der Waals surface area contributed by atoms with E-state index >= 15 is 0 Å². The third-order valence-electron chi connectivity index (χ3n) is 5.13. The second kappa shape index (κ2) is 8.32. The number of aryl methyl sites for hydroxylation is 2. The maximum absolute atomic E-state index is 11.0. The number of rotatable bonds is 7. The Labute approximate surface area is 154 Å². The van der Waals surface area contributed by atoms with Gasteiger partial charge in [0.2, 0.25) is 0 Å². The molecule has 138 valence electrons. The number of hydrogen-bond acceptors (Lipinski definition) is 3. The van der Waals surface area contributed by atoms with E-state index in [1.807, 2.05) is 24.1 Å². The molecule has 0 unspecified atom stereocenters. The van der Waals surface area contributed by atoms with Gasteiger partial charge in [0.1, 0.15) is 0 Å². The first-order valence-corrected chi connectivity index (χ1v) is 9.25. The van der Waals surface area contributed by atoms with Crippen molar-refractivity contribution in [2.75, 3.05) is 13.1 Å². The summed E-state index contributed by atoms with van der Waals surface area (Å²) in [5.41, 5.74) is 4.78. The Morgan fingerprint density at radius 3 is 2.88 bits per heavy atom. The lowest BCUT2D eigenvalue weighted by atomic mass is 9.95. The topological polar surface area (TPSA) is 58.4 Å². The van der Waals surface area contributed by atoms with E-state index in [-0.39, 0.29) is 12.5 Å². The van der Waals surface area contributed by atoms with Gasteiger partial charge in [0.05, 0.1) is 12.6 Å². The minimum Gasteiger partial charge on any atom is -0.481 e. The largest absolute Gasteiger partial charge is 0.481 e. The fourth-order valence-corrected chi connectivity index (χ4v) is 3.82. The van der Waals surface area contributed by atoms with Crippen LogP contribution in [0, 0.1) is 6.92 Å². The molecule has 0 amide bonds. The lowest BCUT2D eigenvalue weighted by Gasteiger charge is -2.22. The molecule has 0 saturated carbocycles. The maximum atomic E-state index is 11.0.